The molecule has 0 amide bonds. The molecular weight excluding hydrogens is 876 g/mol. The minimum atomic E-state index is -2.93. The Bertz CT molecular complexity index is 2610. The number of esters is 2. The summed E-state index contributed by atoms with van der Waals surface area (Å²) in [4.78, 5) is 96.5. The highest BCUT2D eigenvalue weighted by Gasteiger charge is 2.33. The predicted octanol–water partition coefficient (Wildman–Crippen LogP) is 2.57. The second-order valence-electron chi connectivity index (χ2n) is 13.4. The number of aromatic nitrogens is 4. The van der Waals surface area contributed by atoms with Crippen LogP contribution in [0, 0.1) is 11.6 Å². The van der Waals surface area contributed by atoms with Gasteiger partial charge in [-0.25, -0.2) is 19.2 Å². The van der Waals surface area contributed by atoms with E-state index in [-0.39, 0.29) is 46.6 Å². The van der Waals surface area contributed by atoms with Crippen molar-refractivity contribution in [2.24, 2.45) is 0 Å². The number of methoxy groups -OCH3 is 2. The smallest absolute Gasteiger partial charge is 0.342 e. The number of aliphatic hydroxyl groups excluding tert-OH is 1. The van der Waals surface area contributed by atoms with Crippen LogP contribution < -0.4 is 22.5 Å². The average Bonchev–Trinajstić information content (AvgIpc) is 3.25. The van der Waals surface area contributed by atoms with E-state index in [9.17, 15) is 56.3 Å². The quantitative estimate of drug-likeness (QED) is 0.0987. The van der Waals surface area contributed by atoms with Crippen molar-refractivity contribution in [1.29, 1.82) is 0 Å². The van der Waals surface area contributed by atoms with Crippen LogP contribution in [0.3, 0.4) is 0 Å². The van der Waals surface area contributed by atoms with Gasteiger partial charge in [0.25, 0.3) is 22.9 Å². The number of allylic oxidation sites excluding steroid dienone is 1. The first-order valence-electron chi connectivity index (χ1n) is 18.2. The van der Waals surface area contributed by atoms with E-state index in [2.05, 4.69) is 9.47 Å². The van der Waals surface area contributed by atoms with Crippen LogP contribution in [0.4, 0.5) is 8.78 Å². The van der Waals surface area contributed by atoms with Crippen LogP contribution in [0.25, 0.3) is 0 Å². The van der Waals surface area contributed by atoms with Gasteiger partial charge in [-0.05, 0) is 50.9 Å². The zero-order valence-electron chi connectivity index (χ0n) is 34.9. The minimum absolute atomic E-state index is 0.0557. The van der Waals surface area contributed by atoms with Crippen LogP contribution in [0.1, 0.15) is 20.7 Å². The van der Waals surface area contributed by atoms with E-state index in [0.717, 1.165) is 11.7 Å². The van der Waals surface area contributed by atoms with Crippen LogP contribution in [0.2, 0.25) is 0 Å². The first-order chi connectivity index (χ1) is 29.6. The molecule has 0 radical (unpaired) electrons. The number of halogens is 2. The second kappa shape index (κ2) is 25.0. The van der Waals surface area contributed by atoms with Crippen LogP contribution in [-0.4, -0.2) is 120 Å². The van der Waals surface area contributed by atoms with Crippen molar-refractivity contribution in [2.45, 2.75) is 18.2 Å². The molecule has 2 atom stereocenters. The number of hydrogen-bond acceptors (Lipinski definition) is 15. The summed E-state index contributed by atoms with van der Waals surface area (Å²) < 4.78 is 71.6. The Balaban J connectivity index is 0.000000359. The van der Waals surface area contributed by atoms with Gasteiger partial charge in [0, 0.05) is 23.9 Å². The lowest BCUT2D eigenvalue weighted by molar-refractivity contribution is -0.149. The molecule has 63 heavy (non-hydrogen) atoms. The van der Waals surface area contributed by atoms with E-state index >= 15 is 0 Å². The van der Waals surface area contributed by atoms with Gasteiger partial charge in [-0.15, -0.1) is 0 Å². The lowest BCUT2D eigenvalue weighted by atomic mass is 10.2. The molecule has 0 aliphatic carbocycles. The standard InChI is InChI=1S/C20H22FN2O7P.C11H7FN2O3.C9H17O5P/c1-29-18(26)19(31(2,3)28)30-12-8-7-11-22-13-15(21)17(25)23(20(22)27)16(24)14-9-5-4-6-10-14;12-8-6-13-11(17)14(10(8)16)9(15)7-4-2-1-3-5-7;1-13-8(11)9(15(2,3)12)14-7-5-4-6-10/h4-10,13,19H,11-12H2,1-3H3;1-6H,(H,13,17);4-5,9-10H,6-7H2,1-3H3/b8-7-;;5-4-. The number of aromatic amines is 1. The summed E-state index contributed by atoms with van der Waals surface area (Å²) in [6.07, 6.45) is 7.18. The number of carbonyl (C=O) groups excluding carboxylic acids is 4. The SMILES string of the molecule is COC(=O)C(OC/C=C\CO)P(C)(C)=O.COC(=O)C(OC/C=C\Cn1cc(F)c(=O)n(C(=O)c2ccccc2)c1=O)P(C)(C)=O.O=C(c1ccccc1)n1c(=O)[nH]cc(F)c1=O. The van der Waals surface area contributed by atoms with Gasteiger partial charge in [-0.2, -0.15) is 17.9 Å². The average molecular weight is 923 g/mol. The molecule has 0 bridgehead atoms. The molecule has 2 N–H and O–H groups in total. The van der Waals surface area contributed by atoms with Gasteiger partial charge in [0.05, 0.1) is 40.2 Å². The van der Waals surface area contributed by atoms with Crippen molar-refractivity contribution in [3.63, 3.8) is 0 Å². The monoisotopic (exact) mass is 922 g/mol. The van der Waals surface area contributed by atoms with Gasteiger partial charge >= 0.3 is 23.3 Å². The maximum atomic E-state index is 14.1. The molecule has 0 saturated heterocycles. The normalized spacial score (nSPS) is 12.3. The third kappa shape index (κ3) is 15.9. The number of ether oxygens (including phenoxy) is 4. The molecule has 2 aromatic carbocycles. The Hall–Kier alpha value is -6.24. The van der Waals surface area contributed by atoms with Crippen LogP contribution in [0.15, 0.2) is 117 Å². The molecule has 2 heterocycles. The molecule has 0 spiro atoms. The van der Waals surface area contributed by atoms with Gasteiger partial charge in [-0.3, -0.25) is 23.7 Å². The summed E-state index contributed by atoms with van der Waals surface area (Å²) in [5.41, 5.74) is -4.39. The fraction of sp³-hybridized carbons (Fsp3) is 0.300. The summed E-state index contributed by atoms with van der Waals surface area (Å²) in [5, 5.41) is 8.46. The van der Waals surface area contributed by atoms with Crippen LogP contribution in [0.5, 0.6) is 0 Å². The van der Waals surface area contributed by atoms with E-state index in [1.54, 1.807) is 42.5 Å². The summed E-state index contributed by atoms with van der Waals surface area (Å²) >= 11 is 0. The first-order valence-corrected chi connectivity index (χ1v) is 23.6. The van der Waals surface area contributed by atoms with E-state index in [1.807, 2.05) is 4.98 Å². The summed E-state index contributed by atoms with van der Waals surface area (Å²) in [6, 6.07) is 15.2. The second-order valence-corrected chi connectivity index (χ2v) is 20.1. The summed E-state index contributed by atoms with van der Waals surface area (Å²) in [6.45, 7) is 5.40. The molecule has 340 valence electrons. The topological polar surface area (TPSA) is 258 Å². The fourth-order valence-corrected chi connectivity index (χ4v) is 6.95. The Morgan fingerprint density at radius 2 is 1.11 bits per heavy atom. The highest BCUT2D eigenvalue weighted by atomic mass is 31.2. The van der Waals surface area contributed by atoms with Gasteiger partial charge < -0.3 is 38.2 Å². The lowest BCUT2D eigenvalue weighted by Crippen LogP contribution is -2.44. The number of rotatable bonds is 15. The van der Waals surface area contributed by atoms with Crippen molar-refractivity contribution in [3.05, 3.63) is 162 Å². The zero-order valence-corrected chi connectivity index (χ0v) is 36.7. The predicted molar refractivity (Wildman–Crippen MR) is 226 cm³/mol. The van der Waals surface area contributed by atoms with Gasteiger partial charge in [0.2, 0.25) is 23.3 Å². The third-order valence-electron chi connectivity index (χ3n) is 7.87. The fourth-order valence-electron chi connectivity index (χ4n) is 4.83. The molecule has 4 aromatic rings. The van der Waals surface area contributed by atoms with Gasteiger partial charge in [-0.1, -0.05) is 60.7 Å². The highest BCUT2D eigenvalue weighted by Crippen LogP contribution is 2.44. The largest absolute Gasteiger partial charge is 0.467 e. The number of aliphatic hydroxyl groups is 1. The van der Waals surface area contributed by atoms with Crippen LogP contribution >= 0.6 is 14.3 Å². The molecule has 0 saturated carbocycles. The van der Waals surface area contributed by atoms with E-state index in [1.165, 1.54) is 76.3 Å². The van der Waals surface area contributed by atoms with E-state index < -0.39 is 83.9 Å². The van der Waals surface area contributed by atoms with E-state index in [0.29, 0.717) is 12.4 Å². The zero-order chi connectivity index (χ0) is 47.5. The molecule has 0 fully saturated rings. The highest BCUT2D eigenvalue weighted by molar-refractivity contribution is 7.64. The molecule has 0 aliphatic heterocycles. The molecule has 23 heteroatoms. The number of nitrogens with one attached hydrogen (secondary N) is 1. The Morgan fingerprint density at radius 1 is 0.683 bits per heavy atom. The molecule has 4 rings (SSSR count). The number of hydrogen-bond donors (Lipinski definition) is 2. The summed E-state index contributed by atoms with van der Waals surface area (Å²) in [5.74, 6) is -7.95. The minimum Gasteiger partial charge on any atom is -0.467 e. The third-order valence-corrected chi connectivity index (χ3v) is 10.8. The first kappa shape index (κ1) is 52.9. The lowest BCUT2D eigenvalue weighted by Gasteiger charge is -2.18. The molecule has 2 unspecified atom stereocenters. The Labute approximate surface area is 357 Å². The van der Waals surface area contributed by atoms with Crippen molar-refractivity contribution >= 4 is 38.0 Å². The van der Waals surface area contributed by atoms with Crippen molar-refractivity contribution in [1.82, 2.24) is 18.7 Å². The molecule has 19 nitrogen and oxygen atoms in total. The van der Waals surface area contributed by atoms with Crippen molar-refractivity contribution in [3.8, 4) is 0 Å². The van der Waals surface area contributed by atoms with Crippen LogP contribution in [-0.2, 0) is 44.2 Å². The summed E-state index contributed by atoms with van der Waals surface area (Å²) in [7, 11) is -3.25. The van der Waals surface area contributed by atoms with E-state index in [4.69, 9.17) is 14.6 Å². The van der Waals surface area contributed by atoms with Crippen molar-refractivity contribution in [2.75, 3.05) is 60.7 Å². The number of carbonyl (C=O) groups is 4. The number of benzene rings is 2. The molecule has 0 aliphatic rings. The molecular formula is C40H46F2N4O15P2. The maximum Gasteiger partial charge on any atom is 0.342 e. The maximum absolute atomic E-state index is 14.1. The molecule has 2 aromatic heterocycles. The van der Waals surface area contributed by atoms with Gasteiger partial charge in [0.15, 0.2) is 0 Å². The Kier molecular flexibility index (Phi) is 21.0. The Morgan fingerprint density at radius 3 is 1.54 bits per heavy atom. The number of nitrogens with zero attached hydrogens (tertiary/aromatic N) is 3. The van der Waals surface area contributed by atoms with Gasteiger partial charge in [0.1, 0.15) is 14.3 Å². The van der Waals surface area contributed by atoms with Crippen molar-refractivity contribution < 1.29 is 61.1 Å². The number of H-pyrrole nitrogens is 1.